The topological polar surface area (TPSA) is 58.1 Å². The second kappa shape index (κ2) is 7.44. The van der Waals surface area contributed by atoms with Gasteiger partial charge in [-0.15, -0.1) is 0 Å². The molecule has 1 amide bonds. The summed E-state index contributed by atoms with van der Waals surface area (Å²) in [5.74, 6) is -0.676. The third-order valence-corrected chi connectivity index (χ3v) is 3.70. The van der Waals surface area contributed by atoms with Gasteiger partial charge in [-0.1, -0.05) is 12.1 Å². The number of nitrogens with one attached hydrogen (secondary N) is 3. The molecule has 128 valence electrons. The highest BCUT2D eigenvalue weighted by atomic mass is 32.1. The number of hydrazine groups is 1. The summed E-state index contributed by atoms with van der Waals surface area (Å²) in [5, 5.41) is 3.30. The van der Waals surface area contributed by atoms with Crippen molar-refractivity contribution in [3.63, 3.8) is 0 Å². The standard InChI is InChI=1S/C17H21FN4OS/c1-10(2)19-17(24)21-20-16(23)13-9-11(3)22(12(13)4)15-8-6-5-7-14(15)18/h5-10H,1-4H3,(H,20,23)(H2,19,21,24). The molecular weight excluding hydrogens is 327 g/mol. The van der Waals surface area contributed by atoms with Gasteiger partial charge in [0.05, 0.1) is 11.3 Å². The third-order valence-electron chi connectivity index (χ3n) is 3.48. The van der Waals surface area contributed by atoms with E-state index < -0.39 is 0 Å². The van der Waals surface area contributed by atoms with Crippen molar-refractivity contribution in [1.29, 1.82) is 0 Å². The second-order valence-corrected chi connectivity index (χ2v) is 6.19. The van der Waals surface area contributed by atoms with Gasteiger partial charge in [-0.05, 0) is 58.1 Å². The largest absolute Gasteiger partial charge is 0.359 e. The number of para-hydroxylation sites is 1. The first-order valence-corrected chi connectivity index (χ1v) is 8.02. The number of amides is 1. The predicted molar refractivity (Wildman–Crippen MR) is 96.7 cm³/mol. The molecule has 0 fully saturated rings. The molecule has 7 heteroatoms. The molecule has 24 heavy (non-hydrogen) atoms. The van der Waals surface area contributed by atoms with E-state index in [1.807, 2.05) is 20.8 Å². The van der Waals surface area contributed by atoms with Gasteiger partial charge in [0.25, 0.3) is 5.91 Å². The normalized spacial score (nSPS) is 10.6. The summed E-state index contributed by atoms with van der Waals surface area (Å²) in [6.07, 6.45) is 0. The van der Waals surface area contributed by atoms with Crippen LogP contribution < -0.4 is 16.2 Å². The average molecular weight is 348 g/mol. The summed E-state index contributed by atoms with van der Waals surface area (Å²) >= 11 is 5.06. The maximum absolute atomic E-state index is 14.1. The van der Waals surface area contributed by atoms with Crippen molar-refractivity contribution in [2.24, 2.45) is 0 Å². The number of hydrogen-bond acceptors (Lipinski definition) is 2. The van der Waals surface area contributed by atoms with Gasteiger partial charge in [-0.2, -0.15) is 0 Å². The summed E-state index contributed by atoms with van der Waals surface area (Å²) in [6.45, 7) is 7.49. The first-order valence-electron chi connectivity index (χ1n) is 7.62. The van der Waals surface area contributed by atoms with E-state index in [1.54, 1.807) is 35.8 Å². The van der Waals surface area contributed by atoms with Crippen molar-refractivity contribution in [2.75, 3.05) is 0 Å². The van der Waals surface area contributed by atoms with E-state index in [0.717, 1.165) is 5.69 Å². The Morgan fingerprint density at radius 2 is 1.88 bits per heavy atom. The van der Waals surface area contributed by atoms with E-state index in [2.05, 4.69) is 16.2 Å². The number of nitrogens with zero attached hydrogens (tertiary/aromatic N) is 1. The Morgan fingerprint density at radius 1 is 1.21 bits per heavy atom. The van der Waals surface area contributed by atoms with Crippen LogP contribution in [0.2, 0.25) is 0 Å². The number of rotatable bonds is 3. The Kier molecular flexibility index (Phi) is 5.56. The fourth-order valence-electron chi connectivity index (χ4n) is 2.48. The Balaban J connectivity index is 2.21. The SMILES string of the molecule is Cc1cc(C(=O)NNC(=S)NC(C)C)c(C)n1-c1ccccc1F. The number of thiocarbonyl (C=S) groups is 1. The zero-order chi connectivity index (χ0) is 17.9. The number of benzene rings is 1. The van der Waals surface area contributed by atoms with Gasteiger partial charge >= 0.3 is 0 Å². The summed E-state index contributed by atoms with van der Waals surface area (Å²) in [6, 6.07) is 8.34. The lowest BCUT2D eigenvalue weighted by molar-refractivity contribution is 0.0943. The molecule has 0 aliphatic rings. The maximum atomic E-state index is 14.1. The molecule has 3 N–H and O–H groups in total. The van der Waals surface area contributed by atoms with Crippen LogP contribution in [0.4, 0.5) is 4.39 Å². The monoisotopic (exact) mass is 348 g/mol. The minimum absolute atomic E-state index is 0.160. The number of halogens is 1. The Labute approximate surface area is 146 Å². The smallest absolute Gasteiger partial charge is 0.271 e. The zero-order valence-corrected chi connectivity index (χ0v) is 14.9. The Bertz CT molecular complexity index is 770. The van der Waals surface area contributed by atoms with Gasteiger partial charge in [0.1, 0.15) is 5.82 Å². The van der Waals surface area contributed by atoms with Crippen LogP contribution >= 0.6 is 12.2 Å². The lowest BCUT2D eigenvalue weighted by Crippen LogP contribution is -2.48. The zero-order valence-electron chi connectivity index (χ0n) is 14.1. The molecule has 0 unspecified atom stereocenters. The summed E-state index contributed by atoms with van der Waals surface area (Å²) in [5.41, 5.74) is 7.50. The molecule has 0 saturated carbocycles. The maximum Gasteiger partial charge on any atom is 0.271 e. The van der Waals surface area contributed by atoms with Crippen LogP contribution in [0.5, 0.6) is 0 Å². The van der Waals surface area contributed by atoms with Crippen LogP contribution in [0.3, 0.4) is 0 Å². The fraction of sp³-hybridized carbons (Fsp3) is 0.294. The third kappa shape index (κ3) is 3.91. The quantitative estimate of drug-likeness (QED) is 0.590. The average Bonchev–Trinajstić information content (AvgIpc) is 2.80. The van der Waals surface area contributed by atoms with Crippen molar-refractivity contribution in [3.05, 3.63) is 53.1 Å². The van der Waals surface area contributed by atoms with Crippen molar-refractivity contribution < 1.29 is 9.18 Å². The van der Waals surface area contributed by atoms with Crippen molar-refractivity contribution in [1.82, 2.24) is 20.7 Å². The van der Waals surface area contributed by atoms with Gasteiger partial charge in [0, 0.05) is 17.4 Å². The molecule has 0 atom stereocenters. The number of hydrogen-bond donors (Lipinski definition) is 3. The van der Waals surface area contributed by atoms with E-state index in [4.69, 9.17) is 12.2 Å². The fourth-order valence-corrected chi connectivity index (χ4v) is 2.76. The highest BCUT2D eigenvalue weighted by Crippen LogP contribution is 2.22. The predicted octanol–water partition coefficient (Wildman–Crippen LogP) is 2.75. The van der Waals surface area contributed by atoms with Crippen LogP contribution in [0, 0.1) is 19.7 Å². The molecule has 1 aromatic carbocycles. The van der Waals surface area contributed by atoms with Gasteiger partial charge in [-0.25, -0.2) is 4.39 Å². The highest BCUT2D eigenvalue weighted by Gasteiger charge is 2.18. The molecule has 5 nitrogen and oxygen atoms in total. The molecule has 0 spiro atoms. The summed E-state index contributed by atoms with van der Waals surface area (Å²) in [4.78, 5) is 12.4. The molecule has 1 heterocycles. The van der Waals surface area contributed by atoms with Crippen LogP contribution in [0.15, 0.2) is 30.3 Å². The molecule has 0 saturated heterocycles. The van der Waals surface area contributed by atoms with E-state index in [1.165, 1.54) is 6.07 Å². The van der Waals surface area contributed by atoms with Crippen molar-refractivity contribution in [2.45, 2.75) is 33.7 Å². The number of carbonyl (C=O) groups is 1. The van der Waals surface area contributed by atoms with Crippen LogP contribution in [0.1, 0.15) is 35.6 Å². The summed E-state index contributed by atoms with van der Waals surface area (Å²) in [7, 11) is 0. The molecule has 0 aliphatic heterocycles. The molecule has 1 aromatic heterocycles. The lowest BCUT2D eigenvalue weighted by atomic mass is 10.2. The molecule has 0 bridgehead atoms. The van der Waals surface area contributed by atoms with E-state index >= 15 is 0 Å². The van der Waals surface area contributed by atoms with Crippen LogP contribution in [0.25, 0.3) is 5.69 Å². The molecule has 2 aromatic rings. The van der Waals surface area contributed by atoms with E-state index in [-0.39, 0.29) is 17.8 Å². The van der Waals surface area contributed by atoms with Crippen molar-refractivity contribution in [3.8, 4) is 5.69 Å². The minimum Gasteiger partial charge on any atom is -0.359 e. The second-order valence-electron chi connectivity index (χ2n) is 5.78. The number of carbonyl (C=O) groups excluding carboxylic acids is 1. The summed E-state index contributed by atoms with van der Waals surface area (Å²) < 4.78 is 15.8. The minimum atomic E-state index is -0.341. The highest BCUT2D eigenvalue weighted by molar-refractivity contribution is 7.80. The van der Waals surface area contributed by atoms with E-state index in [0.29, 0.717) is 22.1 Å². The molecule has 0 radical (unpaired) electrons. The molecule has 2 rings (SSSR count). The van der Waals surface area contributed by atoms with E-state index in [9.17, 15) is 9.18 Å². The Hall–Kier alpha value is -2.41. The Morgan fingerprint density at radius 3 is 2.50 bits per heavy atom. The lowest BCUT2D eigenvalue weighted by Gasteiger charge is -2.14. The van der Waals surface area contributed by atoms with Crippen LogP contribution in [-0.4, -0.2) is 21.6 Å². The number of aryl methyl sites for hydroxylation is 1. The van der Waals surface area contributed by atoms with Gasteiger partial charge in [0.15, 0.2) is 5.11 Å². The van der Waals surface area contributed by atoms with Gasteiger partial charge < -0.3 is 9.88 Å². The number of aromatic nitrogens is 1. The van der Waals surface area contributed by atoms with Gasteiger partial charge in [0.2, 0.25) is 0 Å². The van der Waals surface area contributed by atoms with Gasteiger partial charge in [-0.3, -0.25) is 15.6 Å². The first-order chi connectivity index (χ1) is 11.3. The molecular formula is C17H21FN4OS. The van der Waals surface area contributed by atoms with Crippen LogP contribution in [-0.2, 0) is 0 Å². The van der Waals surface area contributed by atoms with Crippen molar-refractivity contribution >= 4 is 23.2 Å². The molecule has 0 aliphatic carbocycles. The first kappa shape index (κ1) is 17.9.